The van der Waals surface area contributed by atoms with E-state index in [1.54, 1.807) is 12.1 Å². The Morgan fingerprint density at radius 2 is 1.84 bits per heavy atom. The quantitative estimate of drug-likeness (QED) is 0.886. The molecule has 2 aromatic rings. The van der Waals surface area contributed by atoms with Gasteiger partial charge in [0.2, 0.25) is 0 Å². The molecule has 2 aromatic carbocycles. The van der Waals surface area contributed by atoms with E-state index in [0.29, 0.717) is 5.75 Å². The number of rotatable bonds is 4. The SMILES string of the molecule is CCC(N)c1ccc(Oc2cc(C)ccc2F)cc1. The van der Waals surface area contributed by atoms with Gasteiger partial charge in [-0.1, -0.05) is 25.1 Å². The van der Waals surface area contributed by atoms with Crippen molar-refractivity contribution < 1.29 is 9.13 Å². The number of nitrogens with two attached hydrogens (primary N) is 1. The summed E-state index contributed by atoms with van der Waals surface area (Å²) in [4.78, 5) is 0. The zero-order chi connectivity index (χ0) is 13.8. The van der Waals surface area contributed by atoms with E-state index >= 15 is 0 Å². The smallest absolute Gasteiger partial charge is 0.165 e. The Morgan fingerprint density at radius 1 is 1.16 bits per heavy atom. The summed E-state index contributed by atoms with van der Waals surface area (Å²) in [5, 5.41) is 0. The van der Waals surface area contributed by atoms with Crippen LogP contribution in [0.1, 0.15) is 30.5 Å². The molecule has 0 saturated heterocycles. The lowest BCUT2D eigenvalue weighted by Gasteiger charge is -2.11. The summed E-state index contributed by atoms with van der Waals surface area (Å²) in [6.45, 7) is 3.94. The molecule has 1 atom stereocenters. The zero-order valence-electron chi connectivity index (χ0n) is 11.2. The summed E-state index contributed by atoms with van der Waals surface area (Å²) >= 11 is 0. The molecule has 19 heavy (non-hydrogen) atoms. The van der Waals surface area contributed by atoms with Crippen LogP contribution in [0.4, 0.5) is 4.39 Å². The molecule has 0 aliphatic heterocycles. The average molecular weight is 259 g/mol. The van der Waals surface area contributed by atoms with Crippen LogP contribution in [-0.2, 0) is 0 Å². The van der Waals surface area contributed by atoms with Gasteiger partial charge < -0.3 is 10.5 Å². The minimum absolute atomic E-state index is 0.0322. The van der Waals surface area contributed by atoms with Crippen LogP contribution >= 0.6 is 0 Å². The third-order valence-corrected chi connectivity index (χ3v) is 3.06. The third-order valence-electron chi connectivity index (χ3n) is 3.06. The van der Waals surface area contributed by atoms with Crippen LogP contribution in [0.15, 0.2) is 42.5 Å². The summed E-state index contributed by atoms with van der Waals surface area (Å²) in [5.41, 5.74) is 7.95. The topological polar surface area (TPSA) is 35.2 Å². The molecule has 0 aliphatic rings. The Bertz CT molecular complexity index is 551. The maximum Gasteiger partial charge on any atom is 0.165 e. The van der Waals surface area contributed by atoms with Crippen LogP contribution in [0, 0.1) is 12.7 Å². The molecule has 0 heterocycles. The van der Waals surface area contributed by atoms with E-state index in [0.717, 1.165) is 17.5 Å². The van der Waals surface area contributed by atoms with Crippen LogP contribution in [0.5, 0.6) is 11.5 Å². The van der Waals surface area contributed by atoms with E-state index in [1.807, 2.05) is 38.1 Å². The molecule has 2 rings (SSSR count). The maximum atomic E-state index is 13.6. The van der Waals surface area contributed by atoms with Crippen molar-refractivity contribution in [2.45, 2.75) is 26.3 Å². The fraction of sp³-hybridized carbons (Fsp3) is 0.250. The Labute approximate surface area is 113 Å². The van der Waals surface area contributed by atoms with E-state index in [2.05, 4.69) is 0 Å². The monoisotopic (exact) mass is 259 g/mol. The van der Waals surface area contributed by atoms with Crippen LogP contribution in [0.25, 0.3) is 0 Å². The molecule has 0 bridgehead atoms. The summed E-state index contributed by atoms with van der Waals surface area (Å²) in [7, 11) is 0. The minimum atomic E-state index is -0.361. The largest absolute Gasteiger partial charge is 0.454 e. The number of hydrogen-bond acceptors (Lipinski definition) is 2. The number of hydrogen-bond donors (Lipinski definition) is 1. The Kier molecular flexibility index (Phi) is 4.17. The molecule has 0 aromatic heterocycles. The Hall–Kier alpha value is -1.87. The molecular weight excluding hydrogens is 241 g/mol. The van der Waals surface area contributed by atoms with Gasteiger partial charge in [0.05, 0.1) is 0 Å². The van der Waals surface area contributed by atoms with Crippen molar-refractivity contribution in [1.82, 2.24) is 0 Å². The maximum absolute atomic E-state index is 13.6. The fourth-order valence-corrected chi connectivity index (χ4v) is 1.83. The summed E-state index contributed by atoms with van der Waals surface area (Å²) in [6, 6.07) is 12.3. The lowest BCUT2D eigenvalue weighted by molar-refractivity contribution is 0.441. The summed E-state index contributed by atoms with van der Waals surface area (Å²) in [6.07, 6.45) is 0.882. The van der Waals surface area contributed by atoms with Crippen LogP contribution in [-0.4, -0.2) is 0 Å². The van der Waals surface area contributed by atoms with Gasteiger partial charge in [0.1, 0.15) is 5.75 Å². The molecule has 0 fully saturated rings. The molecule has 2 nitrogen and oxygen atoms in total. The summed E-state index contributed by atoms with van der Waals surface area (Å²) < 4.78 is 19.1. The van der Waals surface area contributed by atoms with Crippen molar-refractivity contribution >= 4 is 0 Å². The highest BCUT2D eigenvalue weighted by Crippen LogP contribution is 2.26. The van der Waals surface area contributed by atoms with E-state index in [9.17, 15) is 4.39 Å². The molecule has 3 heteroatoms. The number of halogens is 1. The first kappa shape index (κ1) is 13.6. The average Bonchev–Trinajstić information content (AvgIpc) is 2.43. The van der Waals surface area contributed by atoms with Gasteiger partial charge in [-0.05, 0) is 48.7 Å². The first-order valence-corrected chi connectivity index (χ1v) is 6.39. The second-order valence-corrected chi connectivity index (χ2v) is 4.62. The lowest BCUT2D eigenvalue weighted by Crippen LogP contribution is -2.08. The molecule has 2 N–H and O–H groups in total. The third kappa shape index (κ3) is 3.32. The lowest BCUT2D eigenvalue weighted by atomic mass is 10.1. The highest BCUT2D eigenvalue weighted by atomic mass is 19.1. The van der Waals surface area contributed by atoms with Gasteiger partial charge in [-0.3, -0.25) is 0 Å². The second-order valence-electron chi connectivity index (χ2n) is 4.62. The summed E-state index contributed by atoms with van der Waals surface area (Å²) in [5.74, 6) is 0.490. The zero-order valence-corrected chi connectivity index (χ0v) is 11.2. The van der Waals surface area contributed by atoms with Gasteiger partial charge in [-0.15, -0.1) is 0 Å². The second kappa shape index (κ2) is 5.85. The van der Waals surface area contributed by atoms with Gasteiger partial charge in [-0.2, -0.15) is 0 Å². The van der Waals surface area contributed by atoms with Crippen molar-refractivity contribution in [2.24, 2.45) is 5.73 Å². The molecule has 0 radical (unpaired) electrons. The van der Waals surface area contributed by atoms with Crippen molar-refractivity contribution in [2.75, 3.05) is 0 Å². The predicted molar refractivity (Wildman–Crippen MR) is 74.9 cm³/mol. The molecule has 0 amide bonds. The van der Waals surface area contributed by atoms with Crippen molar-refractivity contribution in [3.63, 3.8) is 0 Å². The van der Waals surface area contributed by atoms with E-state index in [-0.39, 0.29) is 17.6 Å². The van der Waals surface area contributed by atoms with Crippen molar-refractivity contribution in [3.05, 3.63) is 59.4 Å². The van der Waals surface area contributed by atoms with Crippen LogP contribution in [0.2, 0.25) is 0 Å². The normalized spacial score (nSPS) is 12.2. The van der Waals surface area contributed by atoms with Gasteiger partial charge in [0.15, 0.2) is 11.6 Å². The molecule has 0 aliphatic carbocycles. The molecule has 100 valence electrons. The molecule has 0 saturated carbocycles. The predicted octanol–water partition coefficient (Wildman–Crippen LogP) is 4.34. The molecule has 1 unspecified atom stereocenters. The standard InChI is InChI=1S/C16H18FNO/c1-3-15(18)12-5-7-13(8-6-12)19-16-10-11(2)4-9-14(16)17/h4-10,15H,3,18H2,1-2H3. The van der Waals surface area contributed by atoms with Crippen molar-refractivity contribution in [1.29, 1.82) is 0 Å². The van der Waals surface area contributed by atoms with E-state index < -0.39 is 0 Å². The number of ether oxygens (including phenoxy) is 1. The highest BCUT2D eigenvalue weighted by molar-refractivity contribution is 5.36. The molecular formula is C16H18FNO. The van der Waals surface area contributed by atoms with Gasteiger partial charge in [-0.25, -0.2) is 4.39 Å². The minimum Gasteiger partial charge on any atom is -0.454 e. The number of benzene rings is 2. The number of aryl methyl sites for hydroxylation is 1. The van der Waals surface area contributed by atoms with Gasteiger partial charge >= 0.3 is 0 Å². The molecule has 0 spiro atoms. The van der Waals surface area contributed by atoms with E-state index in [4.69, 9.17) is 10.5 Å². The highest BCUT2D eigenvalue weighted by Gasteiger charge is 2.06. The van der Waals surface area contributed by atoms with Crippen molar-refractivity contribution in [3.8, 4) is 11.5 Å². The Morgan fingerprint density at radius 3 is 2.47 bits per heavy atom. The van der Waals surface area contributed by atoms with Crippen LogP contribution in [0.3, 0.4) is 0 Å². The Balaban J connectivity index is 2.17. The fourth-order valence-electron chi connectivity index (χ4n) is 1.83. The first-order valence-electron chi connectivity index (χ1n) is 6.39. The van der Waals surface area contributed by atoms with Gasteiger partial charge in [0.25, 0.3) is 0 Å². The first-order chi connectivity index (χ1) is 9.10. The van der Waals surface area contributed by atoms with Gasteiger partial charge in [0, 0.05) is 6.04 Å². The van der Waals surface area contributed by atoms with Crippen LogP contribution < -0.4 is 10.5 Å². The van der Waals surface area contributed by atoms with E-state index in [1.165, 1.54) is 6.07 Å².